The fraction of sp³-hybridized carbons (Fsp3) is 0.414. The van der Waals surface area contributed by atoms with Crippen molar-refractivity contribution in [3.05, 3.63) is 70.9 Å². The van der Waals surface area contributed by atoms with Gasteiger partial charge in [0.2, 0.25) is 0 Å². The van der Waals surface area contributed by atoms with Crippen LogP contribution < -0.4 is 5.32 Å². The number of hydrogen-bond acceptors (Lipinski definition) is 5. The molecule has 0 radical (unpaired) electrons. The van der Waals surface area contributed by atoms with Crippen LogP contribution in [0.15, 0.2) is 47.9 Å². The molecule has 39 heavy (non-hydrogen) atoms. The van der Waals surface area contributed by atoms with Crippen LogP contribution in [0.4, 0.5) is 13.2 Å². The van der Waals surface area contributed by atoms with Crippen LogP contribution in [0.1, 0.15) is 66.0 Å². The molecule has 3 aromatic rings. The number of imidazole rings is 1. The molecule has 1 aliphatic heterocycles. The molecule has 1 fully saturated rings. The SMILES string of the molecule is Cc1cc(Cc2nccn3c(C4=CCN=C4C(F)(F)F)cnc23)ccc1C(=O)N[C@H](C)C(=O)C1CC[C@H](C)C1. The number of allylic oxidation sites excluding steroid dienone is 1. The second-order valence-electron chi connectivity index (χ2n) is 10.6. The van der Waals surface area contributed by atoms with Crippen LogP contribution in [0.5, 0.6) is 0 Å². The van der Waals surface area contributed by atoms with Gasteiger partial charge < -0.3 is 5.32 Å². The number of aromatic nitrogens is 3. The minimum Gasteiger partial charge on any atom is -0.342 e. The number of alkyl halides is 3. The van der Waals surface area contributed by atoms with Crippen LogP contribution in [0, 0.1) is 18.8 Å². The van der Waals surface area contributed by atoms with Gasteiger partial charge in [-0.15, -0.1) is 0 Å². The molecule has 3 heterocycles. The Morgan fingerprint density at radius 2 is 2.00 bits per heavy atom. The minimum atomic E-state index is -4.55. The molecular weight excluding hydrogens is 507 g/mol. The fourth-order valence-corrected chi connectivity index (χ4v) is 5.62. The van der Waals surface area contributed by atoms with E-state index in [1.54, 1.807) is 23.6 Å². The van der Waals surface area contributed by atoms with Crippen LogP contribution in [-0.2, 0) is 11.2 Å². The van der Waals surface area contributed by atoms with Gasteiger partial charge in [0, 0.05) is 35.9 Å². The minimum absolute atomic E-state index is 0.00788. The summed E-state index contributed by atoms with van der Waals surface area (Å²) in [5.74, 6) is 0.337. The lowest BCUT2D eigenvalue weighted by molar-refractivity contribution is -0.124. The number of hydrogen-bond donors (Lipinski definition) is 1. The number of rotatable bonds is 7. The van der Waals surface area contributed by atoms with Gasteiger partial charge in [-0.2, -0.15) is 13.2 Å². The van der Waals surface area contributed by atoms with Gasteiger partial charge in [0.25, 0.3) is 5.91 Å². The average molecular weight is 538 g/mol. The van der Waals surface area contributed by atoms with Crippen LogP contribution in [0.3, 0.4) is 0 Å². The highest BCUT2D eigenvalue weighted by atomic mass is 19.4. The average Bonchev–Trinajstić information content (AvgIpc) is 3.62. The number of nitrogens with zero attached hydrogens (tertiary/aromatic N) is 4. The number of carbonyl (C=O) groups excluding carboxylic acids is 2. The number of aliphatic imine (C=N–C) groups is 1. The Morgan fingerprint density at radius 1 is 1.21 bits per heavy atom. The largest absolute Gasteiger partial charge is 0.433 e. The maximum Gasteiger partial charge on any atom is 0.433 e. The molecule has 1 unspecified atom stereocenters. The van der Waals surface area contributed by atoms with Gasteiger partial charge in [-0.05, 0) is 56.2 Å². The topological polar surface area (TPSA) is 88.7 Å². The first-order valence-corrected chi connectivity index (χ1v) is 13.1. The zero-order chi connectivity index (χ0) is 27.9. The third-order valence-electron chi connectivity index (χ3n) is 7.62. The van der Waals surface area contributed by atoms with Crippen molar-refractivity contribution >= 4 is 28.6 Å². The standard InChI is InChI=1S/C29H30F3N5O2/c1-16-4-6-20(12-16)25(38)18(3)36-28(39)21-7-5-19(13-17(21)2)14-23-27-35-15-24(37(27)11-10-33-23)22-8-9-34-26(22)29(30,31)32/h5,7-8,10-11,13,15-16,18,20H,4,6,9,12,14H2,1-3H3,(H,36,39)/t16-,18+,20?/m0/s1. The number of carbonyl (C=O) groups is 2. The van der Waals surface area contributed by atoms with Gasteiger partial charge in [-0.25, -0.2) is 4.98 Å². The summed E-state index contributed by atoms with van der Waals surface area (Å²) in [6.45, 7) is 5.69. The Labute approximate surface area is 224 Å². The summed E-state index contributed by atoms with van der Waals surface area (Å²) in [6.07, 6.45) is 4.59. The summed E-state index contributed by atoms with van der Waals surface area (Å²) < 4.78 is 41.9. The first kappa shape index (κ1) is 26.8. The van der Waals surface area contributed by atoms with E-state index in [4.69, 9.17) is 0 Å². The molecule has 10 heteroatoms. The summed E-state index contributed by atoms with van der Waals surface area (Å²) >= 11 is 0. The van der Waals surface area contributed by atoms with E-state index in [1.165, 1.54) is 18.5 Å². The van der Waals surface area contributed by atoms with Gasteiger partial charge in [-0.3, -0.25) is 24.0 Å². The van der Waals surface area contributed by atoms with E-state index >= 15 is 0 Å². The fourth-order valence-electron chi connectivity index (χ4n) is 5.62. The number of halogens is 3. The van der Waals surface area contributed by atoms with Crippen LogP contribution >= 0.6 is 0 Å². The highest BCUT2D eigenvalue weighted by molar-refractivity contribution is 6.27. The van der Waals surface area contributed by atoms with Gasteiger partial charge >= 0.3 is 6.18 Å². The molecule has 5 rings (SSSR count). The maximum atomic E-state index is 13.4. The Morgan fingerprint density at radius 3 is 2.69 bits per heavy atom. The Kier molecular flexibility index (Phi) is 7.13. The molecule has 1 aromatic carbocycles. The molecule has 3 atom stereocenters. The summed E-state index contributed by atoms with van der Waals surface area (Å²) in [7, 11) is 0. The lowest BCUT2D eigenvalue weighted by atomic mass is 9.96. The highest BCUT2D eigenvalue weighted by Gasteiger charge is 2.40. The van der Waals surface area contributed by atoms with E-state index in [0.29, 0.717) is 34.9 Å². The molecule has 1 aliphatic carbocycles. The molecular formula is C29H30F3N5O2. The van der Waals surface area contributed by atoms with E-state index in [-0.39, 0.29) is 29.7 Å². The molecule has 1 amide bonds. The summed E-state index contributed by atoms with van der Waals surface area (Å²) in [6, 6.07) is 4.86. The monoisotopic (exact) mass is 537 g/mol. The Bertz CT molecular complexity index is 1500. The number of benzene rings is 1. The predicted molar refractivity (Wildman–Crippen MR) is 142 cm³/mol. The zero-order valence-electron chi connectivity index (χ0n) is 22.0. The quantitative estimate of drug-likeness (QED) is 0.451. The second-order valence-corrected chi connectivity index (χ2v) is 10.6. The summed E-state index contributed by atoms with van der Waals surface area (Å²) in [5, 5.41) is 2.86. The molecule has 0 saturated heterocycles. The van der Waals surface area contributed by atoms with Crippen molar-refractivity contribution in [2.75, 3.05) is 6.54 Å². The molecule has 204 valence electrons. The molecule has 2 aliphatic rings. The van der Waals surface area contributed by atoms with Crippen LogP contribution in [0.2, 0.25) is 0 Å². The predicted octanol–water partition coefficient (Wildman–Crippen LogP) is 5.15. The lowest BCUT2D eigenvalue weighted by Crippen LogP contribution is -2.41. The number of amides is 1. The van der Waals surface area contributed by atoms with Gasteiger partial charge in [-0.1, -0.05) is 25.1 Å². The van der Waals surface area contributed by atoms with Crippen molar-refractivity contribution in [2.45, 2.75) is 58.7 Å². The number of fused-ring (bicyclic) bond motifs is 1. The van der Waals surface area contributed by atoms with Crippen LogP contribution in [-0.4, -0.2) is 50.5 Å². The van der Waals surface area contributed by atoms with Crippen molar-refractivity contribution in [3.63, 3.8) is 0 Å². The van der Waals surface area contributed by atoms with Crippen molar-refractivity contribution in [2.24, 2.45) is 16.8 Å². The van der Waals surface area contributed by atoms with E-state index in [1.807, 2.05) is 19.1 Å². The van der Waals surface area contributed by atoms with Gasteiger partial charge in [0.1, 0.15) is 5.71 Å². The first-order chi connectivity index (χ1) is 18.5. The number of nitrogens with one attached hydrogen (secondary N) is 1. The normalized spacial score (nSPS) is 20.2. The van der Waals surface area contributed by atoms with Gasteiger partial charge in [0.05, 0.1) is 30.2 Å². The van der Waals surface area contributed by atoms with E-state index in [2.05, 4.69) is 27.2 Å². The zero-order valence-corrected chi connectivity index (χ0v) is 22.0. The van der Waals surface area contributed by atoms with E-state index in [9.17, 15) is 22.8 Å². The van der Waals surface area contributed by atoms with Crippen LogP contribution in [0.25, 0.3) is 11.2 Å². The Hall–Kier alpha value is -3.82. The van der Waals surface area contributed by atoms with Crippen molar-refractivity contribution in [3.8, 4) is 0 Å². The summed E-state index contributed by atoms with van der Waals surface area (Å²) in [5.41, 5.74) is 2.56. The number of Topliss-reactive ketones (excluding diaryl/α,β-unsaturated/α-hetero) is 1. The number of aryl methyl sites for hydroxylation is 1. The van der Waals surface area contributed by atoms with E-state index in [0.717, 1.165) is 30.4 Å². The summed E-state index contributed by atoms with van der Waals surface area (Å²) in [4.78, 5) is 38.1. The van der Waals surface area contributed by atoms with Gasteiger partial charge in [0.15, 0.2) is 11.4 Å². The smallest absolute Gasteiger partial charge is 0.342 e. The van der Waals surface area contributed by atoms with Crippen molar-refractivity contribution < 1.29 is 22.8 Å². The van der Waals surface area contributed by atoms with Crippen molar-refractivity contribution in [1.29, 1.82) is 0 Å². The number of ketones is 1. The molecule has 0 bridgehead atoms. The third kappa shape index (κ3) is 5.37. The molecule has 0 spiro atoms. The molecule has 7 nitrogen and oxygen atoms in total. The van der Waals surface area contributed by atoms with Crippen molar-refractivity contribution in [1.82, 2.24) is 19.7 Å². The second kappa shape index (κ2) is 10.4. The molecule has 1 saturated carbocycles. The maximum absolute atomic E-state index is 13.4. The Balaban J connectivity index is 1.32. The highest BCUT2D eigenvalue weighted by Crippen LogP contribution is 2.33. The molecule has 1 N–H and O–H groups in total. The third-order valence-corrected chi connectivity index (χ3v) is 7.62. The van der Waals surface area contributed by atoms with E-state index < -0.39 is 17.9 Å². The first-order valence-electron chi connectivity index (χ1n) is 13.1. The lowest BCUT2D eigenvalue weighted by Gasteiger charge is -2.18. The molecule has 2 aromatic heterocycles.